The first kappa shape index (κ1) is 21.3. The van der Waals surface area contributed by atoms with Crippen molar-refractivity contribution in [3.8, 4) is 0 Å². The van der Waals surface area contributed by atoms with Crippen LogP contribution in [0.4, 0.5) is 0 Å². The lowest BCUT2D eigenvalue weighted by molar-refractivity contribution is 0.0648. The second-order valence-electron chi connectivity index (χ2n) is 8.36. The van der Waals surface area contributed by atoms with Gasteiger partial charge < -0.3 is 9.32 Å². The van der Waals surface area contributed by atoms with Gasteiger partial charge in [0.15, 0.2) is 21.0 Å². The fraction of sp³-hybridized carbons (Fsp3) is 0.333. The normalized spacial score (nSPS) is 17.8. The zero-order chi connectivity index (χ0) is 22.2. The fourth-order valence-electron chi connectivity index (χ4n) is 3.94. The van der Waals surface area contributed by atoms with Crippen molar-refractivity contribution in [1.82, 2.24) is 4.90 Å². The van der Waals surface area contributed by atoms with Gasteiger partial charge in [-0.1, -0.05) is 50.2 Å². The summed E-state index contributed by atoms with van der Waals surface area (Å²) in [7, 11) is -3.20. The Bertz CT molecular complexity index is 1280. The molecule has 1 amide bonds. The maximum absolute atomic E-state index is 13.4. The van der Waals surface area contributed by atoms with Gasteiger partial charge in [0, 0.05) is 18.7 Å². The monoisotopic (exact) mass is 439 g/mol. The highest BCUT2D eigenvalue weighted by atomic mass is 32.2. The maximum Gasteiger partial charge on any atom is 0.290 e. The van der Waals surface area contributed by atoms with E-state index in [4.69, 9.17) is 4.42 Å². The lowest BCUT2D eigenvalue weighted by Crippen LogP contribution is -2.40. The smallest absolute Gasteiger partial charge is 0.290 e. The molecule has 1 aliphatic rings. The molecule has 1 fully saturated rings. The van der Waals surface area contributed by atoms with Crippen molar-refractivity contribution in [2.45, 2.75) is 38.8 Å². The minimum atomic E-state index is -3.20. The topological polar surface area (TPSA) is 84.7 Å². The zero-order valence-electron chi connectivity index (χ0n) is 17.6. The summed E-state index contributed by atoms with van der Waals surface area (Å²) in [6.07, 6.45) is 0.371. The molecule has 0 spiro atoms. The van der Waals surface area contributed by atoms with Crippen LogP contribution in [-0.4, -0.2) is 36.8 Å². The Morgan fingerprint density at radius 3 is 2.48 bits per heavy atom. The number of nitrogens with zero attached hydrogens (tertiary/aromatic N) is 1. The molecule has 1 saturated heterocycles. The third-order valence-corrected chi connectivity index (χ3v) is 7.51. The van der Waals surface area contributed by atoms with Gasteiger partial charge in [-0.3, -0.25) is 9.59 Å². The molecule has 6 nitrogen and oxygen atoms in total. The molecular weight excluding hydrogens is 414 g/mol. The number of carbonyl (C=O) groups is 1. The molecular formula is C24H25NO5S. The summed E-state index contributed by atoms with van der Waals surface area (Å²) in [6.45, 7) is 4.46. The molecule has 1 aliphatic heterocycles. The van der Waals surface area contributed by atoms with Crippen LogP contribution in [-0.2, 0) is 16.4 Å². The van der Waals surface area contributed by atoms with Crippen molar-refractivity contribution < 1.29 is 17.6 Å². The third kappa shape index (κ3) is 4.56. The van der Waals surface area contributed by atoms with Gasteiger partial charge in [0.1, 0.15) is 5.58 Å². The van der Waals surface area contributed by atoms with Crippen molar-refractivity contribution in [2.24, 2.45) is 0 Å². The Morgan fingerprint density at radius 1 is 1.13 bits per heavy atom. The number of sulfone groups is 1. The number of para-hydroxylation sites is 1. The van der Waals surface area contributed by atoms with E-state index in [1.807, 2.05) is 24.3 Å². The van der Waals surface area contributed by atoms with Crippen LogP contribution in [0.3, 0.4) is 0 Å². The van der Waals surface area contributed by atoms with Gasteiger partial charge in [0.25, 0.3) is 5.91 Å². The second kappa shape index (κ2) is 8.30. The van der Waals surface area contributed by atoms with Crippen molar-refractivity contribution in [3.05, 3.63) is 81.7 Å². The summed E-state index contributed by atoms with van der Waals surface area (Å²) in [6, 6.07) is 15.4. The van der Waals surface area contributed by atoms with E-state index in [-0.39, 0.29) is 29.2 Å². The molecule has 1 aromatic heterocycles. The zero-order valence-corrected chi connectivity index (χ0v) is 18.4. The fourth-order valence-corrected chi connectivity index (χ4v) is 5.67. The average molecular weight is 440 g/mol. The standard InChI is InChI=1S/C24H25NO5S/c1-16(2)18-9-7-17(8-10-18)14-25(19-11-12-31(28,29)15-19)24(27)23-13-21(26)20-5-3-4-6-22(20)30-23/h3-10,13,16,19H,11-12,14-15H2,1-2H3/t19-/m1/s1. The Hall–Kier alpha value is -2.93. The number of fused-ring (bicyclic) bond motifs is 1. The molecule has 0 unspecified atom stereocenters. The van der Waals surface area contributed by atoms with Crippen molar-refractivity contribution >= 4 is 26.7 Å². The summed E-state index contributed by atoms with van der Waals surface area (Å²) < 4.78 is 29.9. The van der Waals surface area contributed by atoms with Crippen LogP contribution in [0.25, 0.3) is 11.0 Å². The van der Waals surface area contributed by atoms with Gasteiger partial charge in [-0.25, -0.2) is 8.42 Å². The maximum atomic E-state index is 13.4. The van der Waals surface area contributed by atoms with Crippen LogP contribution in [0.2, 0.25) is 0 Å². The quantitative estimate of drug-likeness (QED) is 0.605. The molecule has 4 rings (SSSR count). The van der Waals surface area contributed by atoms with E-state index >= 15 is 0 Å². The van der Waals surface area contributed by atoms with Crippen LogP contribution in [0.1, 0.15) is 47.9 Å². The summed E-state index contributed by atoms with van der Waals surface area (Å²) in [5, 5.41) is 0.401. The van der Waals surface area contributed by atoms with Gasteiger partial charge in [-0.05, 0) is 35.6 Å². The van der Waals surface area contributed by atoms with E-state index in [0.717, 1.165) is 5.56 Å². The molecule has 162 valence electrons. The molecule has 0 aliphatic carbocycles. The lowest BCUT2D eigenvalue weighted by atomic mass is 10.0. The van der Waals surface area contributed by atoms with Gasteiger partial charge in [0.05, 0.1) is 16.9 Å². The van der Waals surface area contributed by atoms with Gasteiger partial charge >= 0.3 is 0 Å². The summed E-state index contributed by atoms with van der Waals surface area (Å²) in [4.78, 5) is 27.4. The highest BCUT2D eigenvalue weighted by molar-refractivity contribution is 7.91. The summed E-state index contributed by atoms with van der Waals surface area (Å²) >= 11 is 0. The number of amides is 1. The Morgan fingerprint density at radius 2 is 1.84 bits per heavy atom. The van der Waals surface area contributed by atoms with Crippen LogP contribution >= 0.6 is 0 Å². The van der Waals surface area contributed by atoms with Gasteiger partial charge in [-0.15, -0.1) is 0 Å². The molecule has 2 heterocycles. The van der Waals surface area contributed by atoms with Crippen molar-refractivity contribution in [2.75, 3.05) is 11.5 Å². The number of carbonyl (C=O) groups excluding carboxylic acids is 1. The van der Waals surface area contributed by atoms with E-state index in [1.165, 1.54) is 16.5 Å². The Labute approximate surface area is 181 Å². The molecule has 2 aromatic carbocycles. The SMILES string of the molecule is CC(C)c1ccc(CN(C(=O)c2cc(=O)c3ccccc3o2)[C@@H]2CCS(=O)(=O)C2)cc1. The number of hydrogen-bond acceptors (Lipinski definition) is 5. The van der Waals surface area contributed by atoms with Crippen LogP contribution in [0.5, 0.6) is 0 Å². The highest BCUT2D eigenvalue weighted by Crippen LogP contribution is 2.24. The van der Waals surface area contributed by atoms with Crippen LogP contribution < -0.4 is 5.43 Å². The number of rotatable bonds is 5. The molecule has 0 N–H and O–H groups in total. The van der Waals surface area contributed by atoms with Crippen LogP contribution in [0.15, 0.2) is 63.8 Å². The van der Waals surface area contributed by atoms with Crippen molar-refractivity contribution in [1.29, 1.82) is 0 Å². The first-order chi connectivity index (χ1) is 14.7. The van der Waals surface area contributed by atoms with E-state index in [2.05, 4.69) is 13.8 Å². The lowest BCUT2D eigenvalue weighted by Gasteiger charge is -2.28. The molecule has 1 atom stereocenters. The van der Waals surface area contributed by atoms with Crippen LogP contribution in [0, 0.1) is 0 Å². The first-order valence-electron chi connectivity index (χ1n) is 10.4. The minimum absolute atomic E-state index is 0.0510. The number of hydrogen-bond donors (Lipinski definition) is 0. The largest absolute Gasteiger partial charge is 0.451 e. The van der Waals surface area contributed by atoms with E-state index in [0.29, 0.717) is 23.3 Å². The molecule has 31 heavy (non-hydrogen) atoms. The van der Waals surface area contributed by atoms with E-state index in [1.54, 1.807) is 24.3 Å². The molecule has 0 saturated carbocycles. The Kier molecular flexibility index (Phi) is 5.71. The minimum Gasteiger partial charge on any atom is -0.451 e. The van der Waals surface area contributed by atoms with Gasteiger partial charge in [0.2, 0.25) is 0 Å². The molecule has 3 aromatic rings. The molecule has 7 heteroatoms. The summed E-state index contributed by atoms with van der Waals surface area (Å²) in [5.41, 5.74) is 2.11. The average Bonchev–Trinajstić information content (AvgIpc) is 3.11. The number of benzene rings is 2. The summed E-state index contributed by atoms with van der Waals surface area (Å²) in [5.74, 6) is -0.195. The van der Waals surface area contributed by atoms with E-state index < -0.39 is 21.8 Å². The highest BCUT2D eigenvalue weighted by Gasteiger charge is 2.36. The molecule has 0 radical (unpaired) electrons. The van der Waals surface area contributed by atoms with Gasteiger partial charge in [-0.2, -0.15) is 0 Å². The first-order valence-corrected chi connectivity index (χ1v) is 12.2. The second-order valence-corrected chi connectivity index (χ2v) is 10.6. The van der Waals surface area contributed by atoms with Crippen molar-refractivity contribution in [3.63, 3.8) is 0 Å². The Balaban J connectivity index is 1.70. The third-order valence-electron chi connectivity index (χ3n) is 5.75. The van der Waals surface area contributed by atoms with E-state index in [9.17, 15) is 18.0 Å². The predicted octanol–water partition coefficient (Wildman–Crippen LogP) is 3.75. The predicted molar refractivity (Wildman–Crippen MR) is 120 cm³/mol. The molecule has 0 bridgehead atoms.